The van der Waals surface area contributed by atoms with Crippen LogP contribution in [-0.4, -0.2) is 56.4 Å². The summed E-state index contributed by atoms with van der Waals surface area (Å²) >= 11 is 0. The van der Waals surface area contributed by atoms with Gasteiger partial charge in [-0.3, -0.25) is 9.59 Å². The van der Waals surface area contributed by atoms with E-state index in [1.165, 1.54) is 0 Å². The normalized spacial score (nSPS) is 17.0. The lowest BCUT2D eigenvalue weighted by molar-refractivity contribution is -0.133. The summed E-state index contributed by atoms with van der Waals surface area (Å²) in [5.74, 6) is 0.610. The van der Waals surface area contributed by atoms with Crippen molar-refractivity contribution < 1.29 is 4.79 Å². The van der Waals surface area contributed by atoms with Gasteiger partial charge in [0.1, 0.15) is 0 Å². The van der Waals surface area contributed by atoms with Crippen molar-refractivity contribution in [1.82, 2.24) is 30.2 Å². The third-order valence-corrected chi connectivity index (χ3v) is 4.15. The van der Waals surface area contributed by atoms with E-state index in [9.17, 15) is 9.59 Å². The number of aromatic nitrogens is 4. The topological polar surface area (TPSA) is 104 Å². The summed E-state index contributed by atoms with van der Waals surface area (Å²) in [7, 11) is 0. The number of aromatic amines is 1. The molecule has 0 bridgehead atoms. The van der Waals surface area contributed by atoms with Gasteiger partial charge in [-0.25, -0.2) is 15.0 Å². The third kappa shape index (κ3) is 4.21. The number of halogens is 1. The number of piperazine rings is 1. The number of nitrogens with zero attached hydrogens (tertiary/aromatic N) is 4. The SMILES string of the molecule is Cc1nc(-c2ncccn2)[nH]c(=O)c1CC(=O)N1CCNC[C@@H]1C.Cl. The number of aryl methyl sites for hydroxylation is 1. The van der Waals surface area contributed by atoms with Gasteiger partial charge in [-0.2, -0.15) is 0 Å². The monoisotopic (exact) mass is 364 g/mol. The Morgan fingerprint density at radius 2 is 2.08 bits per heavy atom. The molecule has 134 valence electrons. The molecule has 1 amide bonds. The number of amides is 1. The zero-order valence-corrected chi connectivity index (χ0v) is 15.0. The van der Waals surface area contributed by atoms with Crippen LogP contribution in [0.2, 0.25) is 0 Å². The molecule has 0 saturated carbocycles. The zero-order valence-electron chi connectivity index (χ0n) is 14.2. The fraction of sp³-hybridized carbons (Fsp3) is 0.438. The second-order valence-corrected chi connectivity index (χ2v) is 5.87. The summed E-state index contributed by atoms with van der Waals surface area (Å²) in [5, 5.41) is 3.24. The van der Waals surface area contributed by atoms with Gasteiger partial charge in [-0.1, -0.05) is 0 Å². The Morgan fingerprint density at radius 1 is 1.36 bits per heavy atom. The van der Waals surface area contributed by atoms with Crippen molar-refractivity contribution in [3.8, 4) is 11.6 Å². The maximum Gasteiger partial charge on any atom is 0.255 e. The Hall–Kier alpha value is -2.32. The van der Waals surface area contributed by atoms with Crippen molar-refractivity contribution in [1.29, 1.82) is 0 Å². The molecule has 1 atom stereocenters. The van der Waals surface area contributed by atoms with Crippen LogP contribution in [0.1, 0.15) is 18.2 Å². The quantitative estimate of drug-likeness (QED) is 0.812. The molecule has 0 radical (unpaired) electrons. The number of carbonyl (C=O) groups excluding carboxylic acids is 1. The van der Waals surface area contributed by atoms with Gasteiger partial charge < -0.3 is 15.2 Å². The standard InChI is InChI=1S/C16H20N6O2.ClH/c1-10-9-17-6-7-22(10)13(23)8-12-11(2)20-15(21-16(12)24)14-18-4-3-5-19-14;/h3-5,10,17H,6-9H2,1-2H3,(H,20,21,24);1H/t10-;/m0./s1. The third-order valence-electron chi connectivity index (χ3n) is 4.15. The highest BCUT2D eigenvalue weighted by molar-refractivity contribution is 5.85. The van der Waals surface area contributed by atoms with Crippen LogP contribution >= 0.6 is 12.4 Å². The molecule has 3 heterocycles. The molecular weight excluding hydrogens is 344 g/mol. The van der Waals surface area contributed by atoms with Gasteiger partial charge in [0.2, 0.25) is 5.91 Å². The van der Waals surface area contributed by atoms with Crippen LogP contribution in [0, 0.1) is 6.92 Å². The number of hydrogen-bond acceptors (Lipinski definition) is 6. The summed E-state index contributed by atoms with van der Waals surface area (Å²) < 4.78 is 0. The Kier molecular flexibility index (Phi) is 6.22. The number of hydrogen-bond donors (Lipinski definition) is 2. The van der Waals surface area contributed by atoms with Crippen LogP contribution in [0.5, 0.6) is 0 Å². The van der Waals surface area contributed by atoms with Crippen molar-refractivity contribution in [3.05, 3.63) is 40.1 Å². The molecule has 8 nitrogen and oxygen atoms in total. The van der Waals surface area contributed by atoms with E-state index in [1.807, 2.05) is 11.8 Å². The molecule has 0 aromatic carbocycles. The lowest BCUT2D eigenvalue weighted by atomic mass is 10.1. The highest BCUT2D eigenvalue weighted by Crippen LogP contribution is 2.11. The van der Waals surface area contributed by atoms with E-state index in [1.54, 1.807) is 25.4 Å². The number of rotatable bonds is 3. The molecule has 3 rings (SSSR count). The molecule has 0 unspecified atom stereocenters. The van der Waals surface area contributed by atoms with Crippen LogP contribution in [0.25, 0.3) is 11.6 Å². The molecule has 0 spiro atoms. The molecule has 1 aliphatic rings. The van der Waals surface area contributed by atoms with Gasteiger partial charge in [0, 0.05) is 49.3 Å². The van der Waals surface area contributed by atoms with Crippen molar-refractivity contribution >= 4 is 18.3 Å². The predicted molar refractivity (Wildman–Crippen MR) is 95.6 cm³/mol. The zero-order chi connectivity index (χ0) is 17.1. The maximum absolute atomic E-state index is 12.5. The molecule has 0 aliphatic carbocycles. The Balaban J connectivity index is 0.00000225. The first-order valence-electron chi connectivity index (χ1n) is 7.93. The summed E-state index contributed by atoms with van der Waals surface area (Å²) in [6.07, 6.45) is 3.22. The Bertz CT molecular complexity index is 795. The van der Waals surface area contributed by atoms with E-state index >= 15 is 0 Å². The van der Waals surface area contributed by atoms with Gasteiger partial charge in [-0.05, 0) is 19.9 Å². The van der Waals surface area contributed by atoms with E-state index in [-0.39, 0.29) is 36.3 Å². The summed E-state index contributed by atoms with van der Waals surface area (Å²) in [6.45, 7) is 5.92. The van der Waals surface area contributed by atoms with Crippen molar-refractivity contribution in [2.75, 3.05) is 19.6 Å². The number of nitrogens with one attached hydrogen (secondary N) is 2. The Morgan fingerprint density at radius 3 is 2.72 bits per heavy atom. The van der Waals surface area contributed by atoms with Gasteiger partial charge >= 0.3 is 0 Å². The summed E-state index contributed by atoms with van der Waals surface area (Å²) in [6, 6.07) is 1.81. The van der Waals surface area contributed by atoms with Gasteiger partial charge in [0.25, 0.3) is 5.56 Å². The molecule has 2 N–H and O–H groups in total. The fourth-order valence-corrected chi connectivity index (χ4v) is 2.81. The highest BCUT2D eigenvalue weighted by Gasteiger charge is 2.24. The summed E-state index contributed by atoms with van der Waals surface area (Å²) in [5.41, 5.74) is 0.601. The van der Waals surface area contributed by atoms with E-state index < -0.39 is 0 Å². The molecule has 2 aromatic rings. The van der Waals surface area contributed by atoms with Crippen LogP contribution in [0.3, 0.4) is 0 Å². The molecule has 2 aromatic heterocycles. The first-order valence-corrected chi connectivity index (χ1v) is 7.93. The predicted octanol–water partition coefficient (Wildman–Crippen LogP) is 0.320. The first-order chi connectivity index (χ1) is 11.6. The average molecular weight is 365 g/mol. The van der Waals surface area contributed by atoms with Crippen LogP contribution in [0.15, 0.2) is 23.3 Å². The molecule has 1 fully saturated rings. The second kappa shape index (κ2) is 8.17. The smallest absolute Gasteiger partial charge is 0.255 e. The van der Waals surface area contributed by atoms with Gasteiger partial charge in [0.05, 0.1) is 6.42 Å². The average Bonchev–Trinajstić information content (AvgIpc) is 2.59. The molecular formula is C16H21ClN6O2. The lowest BCUT2D eigenvalue weighted by Crippen LogP contribution is -2.52. The van der Waals surface area contributed by atoms with Crippen LogP contribution in [0.4, 0.5) is 0 Å². The fourth-order valence-electron chi connectivity index (χ4n) is 2.81. The molecule has 25 heavy (non-hydrogen) atoms. The minimum atomic E-state index is -0.318. The van der Waals surface area contributed by atoms with Crippen molar-refractivity contribution in [2.24, 2.45) is 0 Å². The van der Waals surface area contributed by atoms with Crippen molar-refractivity contribution in [3.63, 3.8) is 0 Å². The van der Waals surface area contributed by atoms with E-state index in [0.717, 1.165) is 13.1 Å². The molecule has 1 aliphatic heterocycles. The largest absolute Gasteiger partial charge is 0.337 e. The van der Waals surface area contributed by atoms with E-state index in [4.69, 9.17) is 0 Å². The number of H-pyrrole nitrogens is 1. The number of carbonyl (C=O) groups is 1. The maximum atomic E-state index is 12.5. The summed E-state index contributed by atoms with van der Waals surface area (Å²) in [4.78, 5) is 41.9. The minimum Gasteiger partial charge on any atom is -0.337 e. The van der Waals surface area contributed by atoms with Crippen LogP contribution < -0.4 is 10.9 Å². The van der Waals surface area contributed by atoms with E-state index in [0.29, 0.717) is 29.5 Å². The molecule has 9 heteroatoms. The van der Waals surface area contributed by atoms with Gasteiger partial charge in [-0.15, -0.1) is 12.4 Å². The lowest BCUT2D eigenvalue weighted by Gasteiger charge is -2.34. The molecule has 1 saturated heterocycles. The van der Waals surface area contributed by atoms with Gasteiger partial charge in [0.15, 0.2) is 11.6 Å². The van der Waals surface area contributed by atoms with Crippen molar-refractivity contribution in [2.45, 2.75) is 26.3 Å². The first kappa shape index (κ1) is 19.0. The minimum absolute atomic E-state index is 0. The van der Waals surface area contributed by atoms with Crippen LogP contribution in [-0.2, 0) is 11.2 Å². The second-order valence-electron chi connectivity index (χ2n) is 5.87. The van der Waals surface area contributed by atoms with E-state index in [2.05, 4.69) is 25.3 Å². The highest BCUT2D eigenvalue weighted by atomic mass is 35.5. The Labute approximate surface area is 151 Å².